The third-order valence-electron chi connectivity index (χ3n) is 3.11. The Morgan fingerprint density at radius 2 is 1.86 bits per heavy atom. The lowest BCUT2D eigenvalue weighted by Crippen LogP contribution is -2.03. The van der Waals surface area contributed by atoms with Gasteiger partial charge in [0.1, 0.15) is 11.6 Å². The molecule has 3 nitrogen and oxygen atoms in total. The molecule has 0 aliphatic carbocycles. The van der Waals surface area contributed by atoms with Gasteiger partial charge in [-0.05, 0) is 29.7 Å². The van der Waals surface area contributed by atoms with Crippen LogP contribution < -0.4 is 4.18 Å². The van der Waals surface area contributed by atoms with Crippen molar-refractivity contribution in [2.45, 2.75) is 19.8 Å². The number of hydrogen-bond acceptors (Lipinski definition) is 2. The third-order valence-corrected chi connectivity index (χ3v) is 3.43. The molecule has 1 atom stereocenters. The van der Waals surface area contributed by atoms with E-state index in [2.05, 4.69) is 0 Å². The summed E-state index contributed by atoms with van der Waals surface area (Å²) in [7, 11) is 0. The summed E-state index contributed by atoms with van der Waals surface area (Å²) in [5, 5.41) is 0. The molecule has 0 amide bonds. The van der Waals surface area contributed by atoms with Gasteiger partial charge in [0.15, 0.2) is 0 Å². The van der Waals surface area contributed by atoms with E-state index in [0.717, 1.165) is 5.56 Å². The Morgan fingerprint density at radius 1 is 1.18 bits per heavy atom. The average Bonchev–Trinajstić information content (AvgIpc) is 2.49. The van der Waals surface area contributed by atoms with Crippen LogP contribution in [-0.2, 0) is 17.8 Å². The van der Waals surface area contributed by atoms with Crippen LogP contribution in [0.2, 0.25) is 0 Å². The van der Waals surface area contributed by atoms with Crippen LogP contribution in [-0.4, -0.2) is 8.76 Å². The monoisotopic (exact) mass is 320 g/mol. The fraction of sp³-hybridized carbons (Fsp3) is 0.176. The standard InChI is InChI=1S/C17H17FO3S/c1-2-6-15-16(18)11-14(12-17(15)21-22(19)20)10-9-13-7-4-3-5-8-13/h3-5,7-12H,2,6H2,1H3,(H,19,20)/b10-9+. The number of halogens is 1. The maximum absolute atomic E-state index is 14.2. The summed E-state index contributed by atoms with van der Waals surface area (Å²) in [4.78, 5) is 0. The summed E-state index contributed by atoms with van der Waals surface area (Å²) >= 11 is -2.48. The Kier molecular flexibility index (Phi) is 5.86. The predicted molar refractivity (Wildman–Crippen MR) is 87.2 cm³/mol. The molecular weight excluding hydrogens is 303 g/mol. The Balaban J connectivity index is 2.34. The van der Waals surface area contributed by atoms with Crippen molar-refractivity contribution in [2.24, 2.45) is 0 Å². The second kappa shape index (κ2) is 7.87. The van der Waals surface area contributed by atoms with Crippen LogP contribution >= 0.6 is 0 Å². The van der Waals surface area contributed by atoms with Gasteiger partial charge in [-0.25, -0.2) is 4.39 Å². The van der Waals surface area contributed by atoms with Gasteiger partial charge in [0, 0.05) is 5.56 Å². The van der Waals surface area contributed by atoms with Crippen molar-refractivity contribution in [1.82, 2.24) is 0 Å². The molecule has 2 rings (SSSR count). The smallest absolute Gasteiger partial charge is 0.357 e. The molecule has 0 saturated heterocycles. The summed E-state index contributed by atoms with van der Waals surface area (Å²) < 4.78 is 38.8. The molecule has 0 bridgehead atoms. The van der Waals surface area contributed by atoms with Crippen LogP contribution in [0.15, 0.2) is 42.5 Å². The molecule has 0 aromatic heterocycles. The summed E-state index contributed by atoms with van der Waals surface area (Å²) in [6.45, 7) is 1.91. The Labute approximate surface area is 131 Å². The zero-order chi connectivity index (χ0) is 15.9. The average molecular weight is 320 g/mol. The highest BCUT2D eigenvalue weighted by atomic mass is 32.2. The molecule has 0 aliphatic rings. The molecule has 0 aliphatic heterocycles. The molecule has 2 aromatic rings. The molecule has 116 valence electrons. The van der Waals surface area contributed by atoms with Gasteiger partial charge < -0.3 is 4.18 Å². The fourth-order valence-electron chi connectivity index (χ4n) is 2.13. The predicted octanol–water partition coefficient (Wildman–Crippen LogP) is 4.46. The van der Waals surface area contributed by atoms with Gasteiger partial charge in [0.2, 0.25) is 0 Å². The maximum Gasteiger partial charge on any atom is 0.357 e. The van der Waals surface area contributed by atoms with Crippen LogP contribution in [0.4, 0.5) is 4.39 Å². The Morgan fingerprint density at radius 3 is 2.50 bits per heavy atom. The topological polar surface area (TPSA) is 46.5 Å². The van der Waals surface area contributed by atoms with Crippen LogP contribution in [0.25, 0.3) is 12.2 Å². The highest BCUT2D eigenvalue weighted by molar-refractivity contribution is 7.74. The minimum Gasteiger partial charge on any atom is -0.380 e. The lowest BCUT2D eigenvalue weighted by Gasteiger charge is -2.10. The van der Waals surface area contributed by atoms with Gasteiger partial charge in [-0.15, -0.1) is 0 Å². The lowest BCUT2D eigenvalue weighted by atomic mass is 10.0. The van der Waals surface area contributed by atoms with E-state index < -0.39 is 17.2 Å². The molecule has 22 heavy (non-hydrogen) atoms. The van der Waals surface area contributed by atoms with Gasteiger partial charge in [-0.1, -0.05) is 55.8 Å². The van der Waals surface area contributed by atoms with E-state index in [1.165, 1.54) is 6.07 Å². The van der Waals surface area contributed by atoms with E-state index in [1.54, 1.807) is 12.1 Å². The first kappa shape index (κ1) is 16.4. The zero-order valence-electron chi connectivity index (χ0n) is 12.2. The molecule has 0 saturated carbocycles. The molecule has 5 heteroatoms. The van der Waals surface area contributed by atoms with E-state index in [-0.39, 0.29) is 5.75 Å². The summed E-state index contributed by atoms with van der Waals surface area (Å²) in [5.41, 5.74) is 1.87. The summed E-state index contributed by atoms with van der Waals surface area (Å²) in [5.74, 6) is -0.326. The second-order valence-corrected chi connectivity index (χ2v) is 5.37. The van der Waals surface area contributed by atoms with Crippen molar-refractivity contribution < 1.29 is 17.3 Å². The molecular formula is C17H17FO3S. The summed E-state index contributed by atoms with van der Waals surface area (Å²) in [6.07, 6.45) is 4.74. The SMILES string of the molecule is CCCc1c(F)cc(/C=C/c2ccccc2)cc1OS(=O)O. The Hall–Kier alpha value is -1.98. The third kappa shape index (κ3) is 4.51. The van der Waals surface area contributed by atoms with Crippen molar-refractivity contribution in [2.75, 3.05) is 0 Å². The largest absolute Gasteiger partial charge is 0.380 e. The van der Waals surface area contributed by atoms with E-state index in [4.69, 9.17) is 8.74 Å². The molecule has 0 fully saturated rings. The first-order valence-corrected chi connectivity index (χ1v) is 7.98. The molecule has 1 N–H and O–H groups in total. The minimum atomic E-state index is -2.48. The molecule has 0 heterocycles. The van der Waals surface area contributed by atoms with E-state index >= 15 is 0 Å². The van der Waals surface area contributed by atoms with Gasteiger partial charge in [0.25, 0.3) is 0 Å². The zero-order valence-corrected chi connectivity index (χ0v) is 13.0. The van der Waals surface area contributed by atoms with Crippen LogP contribution in [0.1, 0.15) is 30.0 Å². The molecule has 1 unspecified atom stereocenters. The van der Waals surface area contributed by atoms with Crippen molar-refractivity contribution in [3.8, 4) is 5.75 Å². The summed E-state index contributed by atoms with van der Waals surface area (Å²) in [6, 6.07) is 12.6. The number of hydrogen-bond donors (Lipinski definition) is 1. The number of rotatable bonds is 6. The molecule has 2 aromatic carbocycles. The lowest BCUT2D eigenvalue weighted by molar-refractivity contribution is 0.451. The van der Waals surface area contributed by atoms with Crippen LogP contribution in [0.5, 0.6) is 5.75 Å². The van der Waals surface area contributed by atoms with Crippen LogP contribution in [0.3, 0.4) is 0 Å². The van der Waals surface area contributed by atoms with E-state index in [9.17, 15) is 8.60 Å². The van der Waals surface area contributed by atoms with Crippen LogP contribution in [0, 0.1) is 5.82 Å². The minimum absolute atomic E-state index is 0.107. The molecule has 0 spiro atoms. The first-order valence-electron chi connectivity index (χ1n) is 6.95. The fourth-order valence-corrected chi connectivity index (χ4v) is 2.43. The maximum atomic E-state index is 14.2. The van der Waals surface area contributed by atoms with Gasteiger partial charge in [-0.3, -0.25) is 4.55 Å². The van der Waals surface area contributed by atoms with E-state index in [1.807, 2.05) is 43.3 Å². The Bertz CT molecular complexity index is 684. The van der Waals surface area contributed by atoms with E-state index in [0.29, 0.717) is 24.0 Å². The van der Waals surface area contributed by atoms with Gasteiger partial charge in [0.05, 0.1) is 0 Å². The van der Waals surface area contributed by atoms with Crippen molar-refractivity contribution in [3.05, 3.63) is 65.0 Å². The number of benzene rings is 2. The van der Waals surface area contributed by atoms with Gasteiger partial charge in [-0.2, -0.15) is 4.21 Å². The quantitative estimate of drug-likeness (QED) is 0.631. The van der Waals surface area contributed by atoms with Gasteiger partial charge >= 0.3 is 11.4 Å². The second-order valence-electron chi connectivity index (χ2n) is 4.77. The van der Waals surface area contributed by atoms with Crippen molar-refractivity contribution in [3.63, 3.8) is 0 Å². The first-order chi connectivity index (χ1) is 10.6. The highest BCUT2D eigenvalue weighted by Gasteiger charge is 2.13. The molecule has 0 radical (unpaired) electrons. The highest BCUT2D eigenvalue weighted by Crippen LogP contribution is 2.27. The normalized spacial score (nSPS) is 12.5. The van der Waals surface area contributed by atoms with Crippen molar-refractivity contribution >= 4 is 23.5 Å². The van der Waals surface area contributed by atoms with Crippen molar-refractivity contribution in [1.29, 1.82) is 0 Å².